The van der Waals surface area contributed by atoms with Crippen molar-refractivity contribution in [3.8, 4) is 0 Å². The number of hydrogen-bond acceptors (Lipinski definition) is 7. The van der Waals surface area contributed by atoms with E-state index in [2.05, 4.69) is 16.0 Å². The molecule has 0 aliphatic heterocycles. The molecule has 6 aromatic carbocycles. The molecule has 0 heterocycles. The minimum absolute atomic E-state index is 0.307. The summed E-state index contributed by atoms with van der Waals surface area (Å²) in [6.07, 6.45) is 0. The molecule has 0 aromatic heterocycles. The second-order valence-electron chi connectivity index (χ2n) is 12.7. The van der Waals surface area contributed by atoms with E-state index in [-0.39, 0.29) is 37.5 Å². The van der Waals surface area contributed by atoms with Crippen LogP contribution in [-0.2, 0) is 18.1 Å². The van der Waals surface area contributed by atoms with E-state index in [1.807, 2.05) is 109 Å². The van der Waals surface area contributed by atoms with Gasteiger partial charge in [0, 0.05) is 16.7 Å². The summed E-state index contributed by atoms with van der Waals surface area (Å²) in [5.74, 6) is -1.08. The largest absolute Gasteiger partial charge is 0.475 e. The van der Waals surface area contributed by atoms with Crippen LogP contribution in [0.25, 0.3) is 0 Å². The molecule has 11 heteroatoms. The molecule has 10 nitrogen and oxygen atoms in total. The normalized spacial score (nSPS) is 12.8. The number of carbonyl (C=O) groups is 3. The second-order valence-corrected chi connectivity index (χ2v) is 14.4. The number of rotatable bonds is 18. The van der Waals surface area contributed by atoms with Crippen LogP contribution in [0.3, 0.4) is 0 Å². The van der Waals surface area contributed by atoms with E-state index in [0.29, 0.717) is 33.4 Å². The maximum absolute atomic E-state index is 14.9. The van der Waals surface area contributed by atoms with Crippen LogP contribution in [0.4, 0.5) is 0 Å². The summed E-state index contributed by atoms with van der Waals surface area (Å²) in [5.41, 5.74) is 3.38. The van der Waals surface area contributed by atoms with Crippen LogP contribution in [0.5, 0.6) is 0 Å². The molecule has 284 valence electrons. The Morgan fingerprint density at radius 3 is 0.821 bits per heavy atom. The predicted molar refractivity (Wildman–Crippen MR) is 215 cm³/mol. The van der Waals surface area contributed by atoms with Gasteiger partial charge in [0.1, 0.15) is 0 Å². The molecule has 0 spiro atoms. The van der Waals surface area contributed by atoms with Crippen molar-refractivity contribution in [1.82, 2.24) is 16.0 Å². The average molecular weight is 768 g/mol. The highest BCUT2D eigenvalue weighted by Gasteiger charge is 2.33. The molecule has 3 N–H and O–H groups in total. The molecule has 0 saturated carbocycles. The average Bonchev–Trinajstić information content (AvgIpc) is 3.27. The van der Waals surface area contributed by atoms with Crippen molar-refractivity contribution < 1.29 is 32.5 Å². The van der Waals surface area contributed by atoms with Gasteiger partial charge in [-0.25, -0.2) is 4.57 Å². The fraction of sp³-hybridized carbons (Fsp3) is 0.133. The van der Waals surface area contributed by atoms with Crippen LogP contribution >= 0.6 is 7.82 Å². The lowest BCUT2D eigenvalue weighted by Gasteiger charge is -2.27. The van der Waals surface area contributed by atoms with Gasteiger partial charge < -0.3 is 16.0 Å². The zero-order valence-electron chi connectivity index (χ0n) is 30.5. The fourth-order valence-corrected chi connectivity index (χ4v) is 7.04. The Balaban J connectivity index is 1.28. The number of hydrogen-bond donors (Lipinski definition) is 3. The van der Waals surface area contributed by atoms with Crippen LogP contribution < -0.4 is 16.0 Å². The SMILES string of the molecule is O=C(N[C@@H](COP(=O)(OC[C@H](NC(=O)c1ccccc1)c1ccccc1)OC[C@H](NC(=O)c1ccccc1)c1ccccc1)c1ccccc1)c1ccccc1. The number of phosphoric ester groups is 1. The minimum Gasteiger partial charge on any atom is -0.343 e. The first-order valence-corrected chi connectivity index (χ1v) is 19.6. The standard InChI is InChI=1S/C45H42N3O7P/c49-43(37-25-13-4-14-26-37)46-40(34-19-7-1-8-20-34)31-53-56(52,54-32-41(35-21-9-2-10-22-35)47-44(50)38-27-15-5-16-28-38)55-33-42(36-23-11-3-12-24-36)48-45(51)39-29-17-6-18-30-39/h1-30,40-42H,31-33H2,(H,46,49)(H,47,50)(H,48,51)/t40-,41-,42-/m0/s1. The van der Waals surface area contributed by atoms with Gasteiger partial charge in [0.25, 0.3) is 17.7 Å². The molecule has 6 aromatic rings. The van der Waals surface area contributed by atoms with E-state index in [1.165, 1.54) is 0 Å². The molecule has 56 heavy (non-hydrogen) atoms. The molecule has 0 bridgehead atoms. The zero-order valence-corrected chi connectivity index (χ0v) is 31.4. The van der Waals surface area contributed by atoms with Gasteiger partial charge in [0.05, 0.1) is 37.9 Å². The molecule has 0 radical (unpaired) electrons. The van der Waals surface area contributed by atoms with Gasteiger partial charge in [-0.15, -0.1) is 0 Å². The monoisotopic (exact) mass is 767 g/mol. The third kappa shape index (κ3) is 11.4. The molecule has 0 aliphatic carbocycles. The van der Waals surface area contributed by atoms with Crippen molar-refractivity contribution in [2.75, 3.05) is 19.8 Å². The van der Waals surface area contributed by atoms with Crippen LogP contribution in [0, 0.1) is 0 Å². The van der Waals surface area contributed by atoms with Gasteiger partial charge in [-0.2, -0.15) is 0 Å². The van der Waals surface area contributed by atoms with Gasteiger partial charge in [0.2, 0.25) is 0 Å². The topological polar surface area (TPSA) is 132 Å². The number of phosphoric acid groups is 1. The van der Waals surface area contributed by atoms with Crippen molar-refractivity contribution in [2.24, 2.45) is 0 Å². The Morgan fingerprint density at radius 1 is 0.375 bits per heavy atom. The van der Waals surface area contributed by atoms with Gasteiger partial charge in [0.15, 0.2) is 0 Å². The van der Waals surface area contributed by atoms with Gasteiger partial charge in [-0.05, 0) is 53.1 Å². The Hall–Kier alpha value is -6.16. The molecule has 0 aliphatic rings. The number of nitrogens with one attached hydrogen (secondary N) is 3. The van der Waals surface area contributed by atoms with Crippen molar-refractivity contribution in [1.29, 1.82) is 0 Å². The second kappa shape index (κ2) is 20.0. The molecule has 3 atom stereocenters. The van der Waals surface area contributed by atoms with Crippen molar-refractivity contribution >= 4 is 25.5 Å². The predicted octanol–water partition coefficient (Wildman–Crippen LogP) is 8.66. The van der Waals surface area contributed by atoms with E-state index in [9.17, 15) is 18.9 Å². The van der Waals surface area contributed by atoms with E-state index in [4.69, 9.17) is 13.6 Å². The molecular formula is C45H42N3O7P. The highest BCUT2D eigenvalue weighted by atomic mass is 31.2. The van der Waals surface area contributed by atoms with Crippen LogP contribution in [0.2, 0.25) is 0 Å². The molecule has 0 fully saturated rings. The highest BCUT2D eigenvalue weighted by Crippen LogP contribution is 2.51. The quantitative estimate of drug-likeness (QED) is 0.0746. The summed E-state index contributed by atoms with van der Waals surface area (Å²) in [7, 11) is -4.54. The lowest BCUT2D eigenvalue weighted by molar-refractivity contribution is 0.0753. The Bertz CT molecular complexity index is 1930. The maximum Gasteiger partial charge on any atom is 0.475 e. The first-order valence-electron chi connectivity index (χ1n) is 18.1. The first-order chi connectivity index (χ1) is 27.4. The number of benzene rings is 6. The van der Waals surface area contributed by atoms with Crippen LogP contribution in [0.1, 0.15) is 65.9 Å². The number of amides is 3. The maximum atomic E-state index is 14.9. The van der Waals surface area contributed by atoms with E-state index >= 15 is 0 Å². The highest BCUT2D eigenvalue weighted by molar-refractivity contribution is 7.48. The van der Waals surface area contributed by atoms with Crippen molar-refractivity contribution in [2.45, 2.75) is 18.1 Å². The summed E-state index contributed by atoms with van der Waals surface area (Å²) >= 11 is 0. The summed E-state index contributed by atoms with van der Waals surface area (Å²) in [4.78, 5) is 40.1. The third-order valence-electron chi connectivity index (χ3n) is 8.83. The first kappa shape index (κ1) is 39.5. The van der Waals surface area contributed by atoms with Crippen molar-refractivity contribution in [3.63, 3.8) is 0 Å². The molecule has 3 amide bonds. The van der Waals surface area contributed by atoms with Gasteiger partial charge in [-0.1, -0.05) is 146 Å². The fourth-order valence-electron chi connectivity index (χ4n) is 5.82. The Labute approximate surface area is 326 Å². The molecule has 0 unspecified atom stereocenters. The van der Waals surface area contributed by atoms with Crippen LogP contribution in [-0.4, -0.2) is 37.5 Å². The van der Waals surface area contributed by atoms with Crippen molar-refractivity contribution in [3.05, 3.63) is 215 Å². The third-order valence-corrected chi connectivity index (χ3v) is 10.2. The van der Waals surface area contributed by atoms with Gasteiger partial charge >= 0.3 is 7.82 Å². The molecule has 6 rings (SSSR count). The smallest absolute Gasteiger partial charge is 0.343 e. The molecular weight excluding hydrogens is 725 g/mol. The van der Waals surface area contributed by atoms with E-state index in [1.54, 1.807) is 72.8 Å². The summed E-state index contributed by atoms with van der Waals surface area (Å²) in [6, 6.07) is 51.3. The van der Waals surface area contributed by atoms with E-state index in [0.717, 1.165) is 0 Å². The Kier molecular flexibility index (Phi) is 14.1. The summed E-state index contributed by atoms with van der Waals surface area (Å²) in [6.45, 7) is -0.921. The number of carbonyl (C=O) groups excluding carboxylic acids is 3. The lowest BCUT2D eigenvalue weighted by Crippen LogP contribution is -2.33. The Morgan fingerprint density at radius 2 is 0.589 bits per heavy atom. The lowest BCUT2D eigenvalue weighted by atomic mass is 10.1. The molecule has 0 saturated heterocycles. The van der Waals surface area contributed by atoms with Gasteiger partial charge in [-0.3, -0.25) is 28.0 Å². The summed E-state index contributed by atoms with van der Waals surface area (Å²) < 4.78 is 33.2. The minimum atomic E-state index is -4.54. The zero-order chi connectivity index (χ0) is 39.0. The van der Waals surface area contributed by atoms with Crippen LogP contribution in [0.15, 0.2) is 182 Å². The van der Waals surface area contributed by atoms with E-state index < -0.39 is 25.9 Å². The summed E-state index contributed by atoms with van der Waals surface area (Å²) in [5, 5.41) is 8.95.